The van der Waals surface area contributed by atoms with Gasteiger partial charge in [0, 0.05) is 6.42 Å². The maximum absolute atomic E-state index is 12.4. The molecule has 1 fully saturated rings. The molecule has 1 aliphatic rings. The number of carbonyl (C=O) groups is 1. The van der Waals surface area contributed by atoms with Crippen LogP contribution >= 0.6 is 15.9 Å². The van der Waals surface area contributed by atoms with E-state index in [0.717, 1.165) is 25.9 Å². The molecule has 1 N–H and O–H groups in total. The van der Waals surface area contributed by atoms with Crippen LogP contribution in [-0.2, 0) is 0 Å². The molecule has 0 radical (unpaired) electrons. The Morgan fingerprint density at radius 1 is 1.40 bits per heavy atom. The highest BCUT2D eigenvalue weighted by molar-refractivity contribution is 9.10. The second-order valence-corrected chi connectivity index (χ2v) is 5.78. The molecular weight excluding hydrogens is 322 g/mol. The Morgan fingerprint density at radius 3 is 2.80 bits per heavy atom. The molecule has 1 aromatic carbocycles. The zero-order valence-electron chi connectivity index (χ0n) is 11.9. The van der Waals surface area contributed by atoms with E-state index in [9.17, 15) is 4.79 Å². The number of hydrogen-bond acceptors (Lipinski definition) is 4. The van der Waals surface area contributed by atoms with Gasteiger partial charge in [-0.25, -0.2) is 0 Å². The van der Waals surface area contributed by atoms with Gasteiger partial charge in [0.1, 0.15) is 16.0 Å². The predicted octanol–water partition coefficient (Wildman–Crippen LogP) is 3.04. The van der Waals surface area contributed by atoms with E-state index < -0.39 is 0 Å². The number of methoxy groups -OCH3 is 2. The molecule has 0 amide bonds. The number of hydrogen-bond donors (Lipinski definition) is 1. The summed E-state index contributed by atoms with van der Waals surface area (Å²) in [6.07, 6.45) is 2.65. The van der Waals surface area contributed by atoms with Gasteiger partial charge in [0.15, 0.2) is 5.78 Å². The molecule has 0 spiro atoms. The number of benzene rings is 1. The van der Waals surface area contributed by atoms with Crippen molar-refractivity contribution in [3.63, 3.8) is 0 Å². The van der Waals surface area contributed by atoms with Crippen molar-refractivity contribution in [3.8, 4) is 11.5 Å². The molecule has 1 aliphatic heterocycles. The third kappa shape index (κ3) is 3.33. The first kappa shape index (κ1) is 15.3. The average Bonchev–Trinajstić information content (AvgIpc) is 2.97. The van der Waals surface area contributed by atoms with Crippen molar-refractivity contribution >= 4 is 21.7 Å². The van der Waals surface area contributed by atoms with Crippen molar-refractivity contribution in [2.24, 2.45) is 5.92 Å². The van der Waals surface area contributed by atoms with Gasteiger partial charge in [-0.05, 0) is 59.9 Å². The highest BCUT2D eigenvalue weighted by Crippen LogP contribution is 2.37. The molecule has 1 heterocycles. The fourth-order valence-corrected chi connectivity index (χ4v) is 3.21. The van der Waals surface area contributed by atoms with Crippen molar-refractivity contribution < 1.29 is 14.3 Å². The zero-order valence-corrected chi connectivity index (χ0v) is 13.5. The summed E-state index contributed by atoms with van der Waals surface area (Å²) < 4.78 is 11.3. The van der Waals surface area contributed by atoms with Crippen LogP contribution in [-0.4, -0.2) is 33.1 Å². The summed E-state index contributed by atoms with van der Waals surface area (Å²) >= 11 is 3.43. The number of carbonyl (C=O) groups excluding carboxylic acids is 1. The maximum Gasteiger partial charge on any atom is 0.166 e. The van der Waals surface area contributed by atoms with Gasteiger partial charge >= 0.3 is 0 Å². The Kier molecular flexibility index (Phi) is 5.43. The van der Waals surface area contributed by atoms with Crippen LogP contribution in [0.15, 0.2) is 16.6 Å². The highest BCUT2D eigenvalue weighted by atomic mass is 79.9. The van der Waals surface area contributed by atoms with E-state index in [0.29, 0.717) is 33.9 Å². The quantitative estimate of drug-likeness (QED) is 0.808. The molecular formula is C15H20BrNO3. The minimum absolute atomic E-state index is 0.122. The molecule has 20 heavy (non-hydrogen) atoms. The molecule has 0 bridgehead atoms. The number of ketones is 1. The lowest BCUT2D eigenvalue weighted by Crippen LogP contribution is -2.11. The Morgan fingerprint density at radius 2 is 2.20 bits per heavy atom. The summed E-state index contributed by atoms with van der Waals surface area (Å²) in [4.78, 5) is 12.4. The normalized spacial score (nSPS) is 18.1. The lowest BCUT2D eigenvalue weighted by atomic mass is 9.97. The molecule has 0 aliphatic carbocycles. The van der Waals surface area contributed by atoms with Crippen molar-refractivity contribution in [1.82, 2.24) is 5.32 Å². The Labute approximate surface area is 128 Å². The van der Waals surface area contributed by atoms with Crippen LogP contribution in [0.3, 0.4) is 0 Å². The van der Waals surface area contributed by atoms with Crippen LogP contribution in [0.25, 0.3) is 0 Å². The van der Waals surface area contributed by atoms with Crippen LogP contribution in [0.4, 0.5) is 0 Å². The van der Waals surface area contributed by atoms with Crippen LogP contribution < -0.4 is 14.8 Å². The topological polar surface area (TPSA) is 47.6 Å². The largest absolute Gasteiger partial charge is 0.495 e. The summed E-state index contributed by atoms with van der Waals surface area (Å²) in [5, 5.41) is 3.32. The van der Waals surface area contributed by atoms with E-state index in [1.54, 1.807) is 26.4 Å². The third-order valence-corrected chi connectivity index (χ3v) is 4.48. The maximum atomic E-state index is 12.4. The van der Waals surface area contributed by atoms with Crippen LogP contribution in [0, 0.1) is 5.92 Å². The van der Waals surface area contributed by atoms with Crippen LogP contribution in [0.1, 0.15) is 29.6 Å². The van der Waals surface area contributed by atoms with E-state index in [1.165, 1.54) is 0 Å². The molecule has 1 atom stereocenters. The van der Waals surface area contributed by atoms with Crippen LogP contribution in [0.2, 0.25) is 0 Å². The fraction of sp³-hybridized carbons (Fsp3) is 0.533. The van der Waals surface area contributed by atoms with E-state index >= 15 is 0 Å². The van der Waals surface area contributed by atoms with E-state index in [2.05, 4.69) is 21.2 Å². The first-order chi connectivity index (χ1) is 9.67. The van der Waals surface area contributed by atoms with Crippen molar-refractivity contribution in [2.75, 3.05) is 27.3 Å². The zero-order chi connectivity index (χ0) is 14.5. The van der Waals surface area contributed by atoms with Gasteiger partial charge in [0.05, 0.1) is 19.8 Å². The smallest absolute Gasteiger partial charge is 0.166 e. The van der Waals surface area contributed by atoms with E-state index in [-0.39, 0.29) is 5.78 Å². The summed E-state index contributed by atoms with van der Waals surface area (Å²) in [6.45, 7) is 2.09. The predicted molar refractivity (Wildman–Crippen MR) is 81.8 cm³/mol. The first-order valence-corrected chi connectivity index (χ1v) is 7.61. The summed E-state index contributed by atoms with van der Waals surface area (Å²) in [6, 6.07) is 3.56. The molecule has 5 heteroatoms. The molecule has 1 saturated heterocycles. The second-order valence-electron chi connectivity index (χ2n) is 4.98. The number of rotatable bonds is 6. The Balaban J connectivity index is 2.10. The molecule has 110 valence electrons. The van der Waals surface area contributed by atoms with Crippen molar-refractivity contribution in [2.45, 2.75) is 19.3 Å². The molecule has 1 aromatic rings. The first-order valence-electron chi connectivity index (χ1n) is 6.81. The Hall–Kier alpha value is -1.07. The number of Topliss-reactive ketones (excluding diaryl/α,β-unsaturated/α-hetero) is 1. The lowest BCUT2D eigenvalue weighted by Gasteiger charge is -2.13. The van der Waals surface area contributed by atoms with E-state index in [4.69, 9.17) is 9.47 Å². The molecule has 4 nitrogen and oxygen atoms in total. The van der Waals surface area contributed by atoms with Crippen molar-refractivity contribution in [1.29, 1.82) is 0 Å². The molecule has 0 saturated carbocycles. The second kappa shape index (κ2) is 7.09. The minimum Gasteiger partial charge on any atom is -0.495 e. The average molecular weight is 342 g/mol. The molecule has 2 rings (SSSR count). The monoisotopic (exact) mass is 341 g/mol. The SMILES string of the molecule is COc1ccc(C(=O)CCC2CCNC2)c(OC)c1Br. The number of ether oxygens (including phenoxy) is 2. The van der Waals surface area contributed by atoms with Gasteiger partial charge < -0.3 is 14.8 Å². The Bertz CT molecular complexity index is 484. The van der Waals surface area contributed by atoms with Gasteiger partial charge in [-0.2, -0.15) is 0 Å². The summed E-state index contributed by atoms with van der Waals surface area (Å²) in [5.41, 5.74) is 0.617. The molecule has 1 unspecified atom stereocenters. The minimum atomic E-state index is 0.122. The van der Waals surface area contributed by atoms with E-state index in [1.807, 2.05) is 0 Å². The summed E-state index contributed by atoms with van der Waals surface area (Å²) in [5.74, 6) is 1.96. The van der Waals surface area contributed by atoms with Crippen LogP contribution in [0.5, 0.6) is 11.5 Å². The van der Waals surface area contributed by atoms with Gasteiger partial charge in [0.2, 0.25) is 0 Å². The van der Waals surface area contributed by atoms with Gasteiger partial charge in [-0.3, -0.25) is 4.79 Å². The standard InChI is InChI=1S/C15H20BrNO3/c1-19-13-6-4-11(15(20-2)14(13)16)12(18)5-3-10-7-8-17-9-10/h4,6,10,17H,3,5,7-9H2,1-2H3. The van der Waals surface area contributed by atoms with Gasteiger partial charge in [0.25, 0.3) is 0 Å². The number of halogens is 1. The lowest BCUT2D eigenvalue weighted by molar-refractivity contribution is 0.0971. The highest BCUT2D eigenvalue weighted by Gasteiger charge is 2.20. The summed E-state index contributed by atoms with van der Waals surface area (Å²) in [7, 11) is 3.16. The molecule has 0 aromatic heterocycles. The van der Waals surface area contributed by atoms with Gasteiger partial charge in [-0.15, -0.1) is 0 Å². The van der Waals surface area contributed by atoms with Crippen molar-refractivity contribution in [3.05, 3.63) is 22.2 Å². The fourth-order valence-electron chi connectivity index (χ4n) is 2.55. The number of nitrogens with one attached hydrogen (secondary N) is 1. The van der Waals surface area contributed by atoms with Gasteiger partial charge in [-0.1, -0.05) is 0 Å². The third-order valence-electron chi connectivity index (χ3n) is 3.73.